The first-order valence-electron chi connectivity index (χ1n) is 11.1. The fourth-order valence-corrected chi connectivity index (χ4v) is 5.37. The van der Waals surface area contributed by atoms with Gasteiger partial charge in [0, 0.05) is 23.6 Å². The van der Waals surface area contributed by atoms with Crippen LogP contribution in [0.5, 0.6) is 0 Å². The van der Waals surface area contributed by atoms with Gasteiger partial charge in [-0.05, 0) is 67.4 Å². The van der Waals surface area contributed by atoms with E-state index in [4.69, 9.17) is 23.2 Å². The molecule has 1 atom stereocenters. The van der Waals surface area contributed by atoms with Crippen molar-refractivity contribution in [2.75, 3.05) is 17.9 Å². The standard InChI is InChI=1S/C26H27Cl2N3O4S/c1-18-7-6-9-22(15-18)31(36(34,35)23-13-11-21(27)12-14-23)17-25(32)30(19(2)26(33)29-3)16-20-8-4-5-10-24(20)28/h4-15,19H,16-17H2,1-3H3,(H,29,33)/t19-/m0/s1. The lowest BCUT2D eigenvalue weighted by Crippen LogP contribution is -2.50. The summed E-state index contributed by atoms with van der Waals surface area (Å²) in [5.41, 5.74) is 1.78. The van der Waals surface area contributed by atoms with Gasteiger partial charge in [-0.1, -0.05) is 53.5 Å². The summed E-state index contributed by atoms with van der Waals surface area (Å²) in [5.74, 6) is -0.955. The monoisotopic (exact) mass is 547 g/mol. The van der Waals surface area contributed by atoms with Crippen molar-refractivity contribution in [1.29, 1.82) is 0 Å². The van der Waals surface area contributed by atoms with Crippen molar-refractivity contribution >= 4 is 50.7 Å². The molecule has 7 nitrogen and oxygen atoms in total. The van der Waals surface area contributed by atoms with Crippen LogP contribution in [0.4, 0.5) is 5.69 Å². The highest BCUT2D eigenvalue weighted by molar-refractivity contribution is 7.92. The number of sulfonamides is 1. The van der Waals surface area contributed by atoms with Crippen molar-refractivity contribution in [3.8, 4) is 0 Å². The number of amides is 2. The number of carbonyl (C=O) groups is 2. The maximum atomic E-state index is 13.7. The molecule has 10 heteroatoms. The van der Waals surface area contributed by atoms with Gasteiger partial charge < -0.3 is 10.2 Å². The lowest BCUT2D eigenvalue weighted by molar-refractivity contribution is -0.139. The Morgan fingerprint density at radius 2 is 1.64 bits per heavy atom. The molecule has 36 heavy (non-hydrogen) atoms. The minimum Gasteiger partial charge on any atom is -0.357 e. The average molecular weight is 548 g/mol. The van der Waals surface area contributed by atoms with E-state index in [1.54, 1.807) is 49.4 Å². The Balaban J connectivity index is 2.05. The quantitative estimate of drug-likeness (QED) is 0.422. The molecule has 0 spiro atoms. The van der Waals surface area contributed by atoms with Crippen molar-refractivity contribution in [3.63, 3.8) is 0 Å². The van der Waals surface area contributed by atoms with Crippen LogP contribution in [-0.4, -0.2) is 44.8 Å². The van der Waals surface area contributed by atoms with Crippen LogP contribution in [0, 0.1) is 6.92 Å². The smallest absolute Gasteiger partial charge is 0.264 e. The predicted octanol–water partition coefficient (Wildman–Crippen LogP) is 4.66. The first-order chi connectivity index (χ1) is 17.0. The fraction of sp³-hybridized carbons (Fsp3) is 0.231. The molecule has 0 saturated carbocycles. The maximum absolute atomic E-state index is 13.7. The largest absolute Gasteiger partial charge is 0.357 e. The van der Waals surface area contributed by atoms with Crippen molar-refractivity contribution in [2.45, 2.75) is 31.3 Å². The topological polar surface area (TPSA) is 86.8 Å². The molecule has 0 unspecified atom stereocenters. The molecule has 0 heterocycles. The van der Waals surface area contributed by atoms with Crippen LogP contribution in [0.15, 0.2) is 77.7 Å². The van der Waals surface area contributed by atoms with Gasteiger partial charge in [-0.25, -0.2) is 8.42 Å². The second-order valence-corrected chi connectivity index (χ2v) is 10.9. The summed E-state index contributed by atoms with van der Waals surface area (Å²) < 4.78 is 28.4. The van der Waals surface area contributed by atoms with Gasteiger partial charge in [0.2, 0.25) is 11.8 Å². The van der Waals surface area contributed by atoms with E-state index in [2.05, 4.69) is 5.32 Å². The number of anilines is 1. The summed E-state index contributed by atoms with van der Waals surface area (Å²) in [4.78, 5) is 27.5. The molecule has 190 valence electrons. The zero-order valence-electron chi connectivity index (χ0n) is 20.1. The average Bonchev–Trinajstić information content (AvgIpc) is 2.85. The van der Waals surface area contributed by atoms with Crippen molar-refractivity contribution in [3.05, 3.63) is 94.0 Å². The first kappa shape index (κ1) is 27.5. The van der Waals surface area contributed by atoms with Crippen molar-refractivity contribution in [2.24, 2.45) is 0 Å². The van der Waals surface area contributed by atoms with Crippen molar-refractivity contribution in [1.82, 2.24) is 10.2 Å². The molecule has 0 bridgehead atoms. The highest BCUT2D eigenvalue weighted by Gasteiger charge is 2.32. The zero-order valence-corrected chi connectivity index (χ0v) is 22.4. The Morgan fingerprint density at radius 3 is 2.25 bits per heavy atom. The minimum absolute atomic E-state index is 0.0155. The summed E-state index contributed by atoms with van der Waals surface area (Å²) in [7, 11) is -2.67. The summed E-state index contributed by atoms with van der Waals surface area (Å²) in [6, 6.07) is 18.7. The third-order valence-corrected chi connectivity index (χ3v) is 8.09. The van der Waals surface area contributed by atoms with Gasteiger partial charge >= 0.3 is 0 Å². The summed E-state index contributed by atoms with van der Waals surface area (Å²) in [6.45, 7) is 2.91. The lowest BCUT2D eigenvalue weighted by Gasteiger charge is -2.32. The Labute approximate surface area is 221 Å². The fourth-order valence-electron chi connectivity index (χ4n) is 3.65. The Morgan fingerprint density at radius 1 is 0.972 bits per heavy atom. The van der Waals surface area contributed by atoms with Gasteiger partial charge in [-0.3, -0.25) is 13.9 Å². The summed E-state index contributed by atoms with van der Waals surface area (Å²) >= 11 is 12.3. The molecule has 0 radical (unpaired) electrons. The third-order valence-electron chi connectivity index (χ3n) is 5.68. The molecule has 0 aliphatic carbocycles. The number of benzene rings is 3. The minimum atomic E-state index is -4.15. The Bertz CT molecular complexity index is 1350. The Hall–Kier alpha value is -3.07. The molecule has 0 aliphatic heterocycles. The number of carbonyl (C=O) groups excluding carboxylic acids is 2. The first-order valence-corrected chi connectivity index (χ1v) is 13.3. The summed E-state index contributed by atoms with van der Waals surface area (Å²) in [5, 5.41) is 3.36. The molecule has 3 aromatic carbocycles. The van der Waals surface area contributed by atoms with Gasteiger partial charge in [-0.15, -0.1) is 0 Å². The summed E-state index contributed by atoms with van der Waals surface area (Å²) in [6.07, 6.45) is 0. The predicted molar refractivity (Wildman–Crippen MR) is 143 cm³/mol. The molecule has 0 saturated heterocycles. The van der Waals surface area contributed by atoms with Crippen LogP contribution in [0.3, 0.4) is 0 Å². The lowest BCUT2D eigenvalue weighted by atomic mass is 10.1. The highest BCUT2D eigenvalue weighted by atomic mass is 35.5. The molecule has 3 aromatic rings. The van der Waals surface area contributed by atoms with Crippen LogP contribution >= 0.6 is 23.2 Å². The van der Waals surface area contributed by atoms with Crippen molar-refractivity contribution < 1.29 is 18.0 Å². The number of rotatable bonds is 9. The third kappa shape index (κ3) is 6.37. The number of halogens is 2. The number of nitrogens with one attached hydrogen (secondary N) is 1. The van der Waals surface area contributed by atoms with E-state index in [1.807, 2.05) is 13.0 Å². The van der Waals surface area contributed by atoms with Crippen LogP contribution < -0.4 is 9.62 Å². The number of aryl methyl sites for hydroxylation is 1. The van der Waals surface area contributed by atoms with E-state index in [0.29, 0.717) is 21.3 Å². The maximum Gasteiger partial charge on any atom is 0.264 e. The number of hydrogen-bond acceptors (Lipinski definition) is 4. The second-order valence-electron chi connectivity index (χ2n) is 8.21. The molecule has 1 N–H and O–H groups in total. The Kier molecular flexibility index (Phi) is 9.00. The van der Waals surface area contributed by atoms with E-state index in [9.17, 15) is 18.0 Å². The molecule has 3 rings (SSSR count). The van der Waals surface area contributed by atoms with E-state index >= 15 is 0 Å². The highest BCUT2D eigenvalue weighted by Crippen LogP contribution is 2.26. The molecule has 0 fully saturated rings. The van der Waals surface area contributed by atoms with Gasteiger partial charge in [0.15, 0.2) is 0 Å². The molecule has 0 aliphatic rings. The van der Waals surface area contributed by atoms with Gasteiger partial charge in [-0.2, -0.15) is 0 Å². The normalized spacial score (nSPS) is 12.0. The molecular formula is C26H27Cl2N3O4S. The molecule has 0 aromatic heterocycles. The van der Waals surface area contributed by atoms with Crippen LogP contribution in [0.1, 0.15) is 18.1 Å². The van der Waals surface area contributed by atoms with Gasteiger partial charge in [0.1, 0.15) is 12.6 Å². The molecule has 2 amide bonds. The van der Waals surface area contributed by atoms with Gasteiger partial charge in [0.25, 0.3) is 10.0 Å². The SMILES string of the molecule is CNC(=O)[C@H](C)N(Cc1ccccc1Cl)C(=O)CN(c1cccc(C)c1)S(=O)(=O)c1ccc(Cl)cc1. The van der Waals surface area contributed by atoms with E-state index in [-0.39, 0.29) is 11.4 Å². The number of likely N-dealkylation sites (N-methyl/N-ethyl adjacent to an activating group) is 1. The van der Waals surface area contributed by atoms with Crippen LogP contribution in [0.25, 0.3) is 0 Å². The van der Waals surface area contributed by atoms with E-state index in [1.165, 1.54) is 36.2 Å². The van der Waals surface area contributed by atoms with Crippen LogP contribution in [0.2, 0.25) is 10.0 Å². The number of hydrogen-bond donors (Lipinski definition) is 1. The van der Waals surface area contributed by atoms with E-state index in [0.717, 1.165) is 9.87 Å². The van der Waals surface area contributed by atoms with Crippen LogP contribution in [-0.2, 0) is 26.2 Å². The second kappa shape index (κ2) is 11.8. The zero-order chi connectivity index (χ0) is 26.5. The van der Waals surface area contributed by atoms with E-state index < -0.39 is 34.4 Å². The number of nitrogens with zero attached hydrogens (tertiary/aromatic N) is 2. The molecular weight excluding hydrogens is 521 g/mol. The van der Waals surface area contributed by atoms with Gasteiger partial charge in [0.05, 0.1) is 10.6 Å².